The summed E-state index contributed by atoms with van der Waals surface area (Å²) in [6, 6.07) is 9.25. The zero-order chi connectivity index (χ0) is 21.7. The number of para-hydroxylation sites is 1. The fourth-order valence-corrected chi connectivity index (χ4v) is 6.37. The molecule has 0 saturated carbocycles. The van der Waals surface area contributed by atoms with Crippen molar-refractivity contribution in [2.75, 3.05) is 44.4 Å². The van der Waals surface area contributed by atoms with Crippen LogP contribution in [0.4, 0.5) is 5.69 Å². The maximum absolute atomic E-state index is 5.65. The largest absolute Gasteiger partial charge is 0.501 e. The van der Waals surface area contributed by atoms with Crippen molar-refractivity contribution in [3.05, 3.63) is 59.1 Å². The van der Waals surface area contributed by atoms with E-state index in [0.29, 0.717) is 6.04 Å². The van der Waals surface area contributed by atoms with Gasteiger partial charge in [0.2, 0.25) is 0 Å². The SMILES string of the molecule is Cc1nc2ccccc2c(N2CC3(C=COCC3)C3=C2CC(N2CCOCC2)CC3)c1C. The number of fused-ring (bicyclic) bond motifs is 2. The topological polar surface area (TPSA) is 37.8 Å². The van der Waals surface area contributed by atoms with Gasteiger partial charge in [-0.15, -0.1) is 0 Å². The van der Waals surface area contributed by atoms with Crippen molar-refractivity contribution in [3.63, 3.8) is 0 Å². The Labute approximate surface area is 190 Å². The zero-order valence-corrected chi connectivity index (χ0v) is 19.3. The summed E-state index contributed by atoms with van der Waals surface area (Å²) in [7, 11) is 0. The van der Waals surface area contributed by atoms with E-state index >= 15 is 0 Å². The molecule has 2 aromatic rings. The Morgan fingerprint density at radius 3 is 2.75 bits per heavy atom. The number of ether oxygens (including phenoxy) is 2. The molecule has 1 fully saturated rings. The molecule has 168 valence electrons. The lowest BCUT2D eigenvalue weighted by atomic mass is 9.73. The van der Waals surface area contributed by atoms with E-state index in [4.69, 9.17) is 14.5 Å². The van der Waals surface area contributed by atoms with Gasteiger partial charge in [0.25, 0.3) is 0 Å². The number of aromatic nitrogens is 1. The zero-order valence-electron chi connectivity index (χ0n) is 19.3. The minimum atomic E-state index is 0.105. The molecule has 4 aliphatic rings. The van der Waals surface area contributed by atoms with Gasteiger partial charge in [0.05, 0.1) is 37.3 Å². The van der Waals surface area contributed by atoms with E-state index < -0.39 is 0 Å². The molecular formula is C27H33N3O2. The average molecular weight is 432 g/mol. The van der Waals surface area contributed by atoms with E-state index in [0.717, 1.165) is 63.5 Å². The number of hydrogen-bond donors (Lipinski definition) is 0. The number of hydrogen-bond acceptors (Lipinski definition) is 5. The molecule has 5 nitrogen and oxygen atoms in total. The normalized spacial score (nSPS) is 28.4. The highest BCUT2D eigenvalue weighted by Gasteiger charge is 2.47. The highest BCUT2D eigenvalue weighted by Crippen LogP contribution is 2.53. The van der Waals surface area contributed by atoms with Gasteiger partial charge in [-0.25, -0.2) is 0 Å². The van der Waals surface area contributed by atoms with E-state index in [1.165, 1.54) is 29.5 Å². The maximum Gasteiger partial charge on any atom is 0.0885 e. The highest BCUT2D eigenvalue weighted by atomic mass is 16.5. The van der Waals surface area contributed by atoms with Crippen LogP contribution in [0.1, 0.15) is 36.9 Å². The molecule has 32 heavy (non-hydrogen) atoms. The first-order valence-electron chi connectivity index (χ1n) is 12.1. The first kappa shape index (κ1) is 20.3. The van der Waals surface area contributed by atoms with E-state index in [9.17, 15) is 0 Å². The third kappa shape index (κ3) is 3.17. The van der Waals surface area contributed by atoms with Crippen molar-refractivity contribution in [2.24, 2.45) is 5.41 Å². The van der Waals surface area contributed by atoms with Gasteiger partial charge in [0.1, 0.15) is 0 Å². The Morgan fingerprint density at radius 2 is 1.94 bits per heavy atom. The fraction of sp³-hybridized carbons (Fsp3) is 0.519. The van der Waals surface area contributed by atoms with Crippen LogP contribution in [0, 0.1) is 19.3 Å². The molecule has 5 heteroatoms. The van der Waals surface area contributed by atoms with Crippen LogP contribution < -0.4 is 4.90 Å². The molecular weight excluding hydrogens is 398 g/mol. The van der Waals surface area contributed by atoms with Gasteiger partial charge in [-0.05, 0) is 56.4 Å². The number of rotatable bonds is 2. The lowest BCUT2D eigenvalue weighted by Crippen LogP contribution is -2.45. The van der Waals surface area contributed by atoms with Crippen LogP contribution >= 0.6 is 0 Å². The molecule has 4 heterocycles. The molecule has 1 aromatic heterocycles. The second kappa shape index (κ2) is 7.89. The van der Waals surface area contributed by atoms with Gasteiger partial charge < -0.3 is 14.4 Å². The van der Waals surface area contributed by atoms with Gasteiger partial charge in [0.15, 0.2) is 0 Å². The third-order valence-electron chi connectivity index (χ3n) is 8.20. The van der Waals surface area contributed by atoms with Crippen LogP contribution in [0.5, 0.6) is 0 Å². The quantitative estimate of drug-likeness (QED) is 0.687. The predicted octanol–water partition coefficient (Wildman–Crippen LogP) is 4.73. The number of pyridine rings is 1. The van der Waals surface area contributed by atoms with Crippen molar-refractivity contribution in [1.82, 2.24) is 9.88 Å². The number of benzene rings is 1. The number of aryl methyl sites for hydroxylation is 1. The lowest BCUT2D eigenvalue weighted by Gasteiger charge is -2.39. The molecule has 3 aliphatic heterocycles. The summed E-state index contributed by atoms with van der Waals surface area (Å²) in [6.07, 6.45) is 8.93. The van der Waals surface area contributed by atoms with Crippen LogP contribution in [-0.4, -0.2) is 55.4 Å². The summed E-state index contributed by atoms with van der Waals surface area (Å²) in [5.41, 5.74) is 8.20. The second-order valence-corrected chi connectivity index (χ2v) is 9.82. The maximum atomic E-state index is 5.65. The molecule has 0 N–H and O–H groups in total. The molecule has 0 bridgehead atoms. The van der Waals surface area contributed by atoms with Gasteiger partial charge in [0, 0.05) is 54.3 Å². The molecule has 0 radical (unpaired) electrons. The summed E-state index contributed by atoms with van der Waals surface area (Å²) in [5, 5.41) is 1.27. The van der Waals surface area contributed by atoms with Gasteiger partial charge in [-0.1, -0.05) is 18.2 Å². The van der Waals surface area contributed by atoms with Crippen LogP contribution in [0.2, 0.25) is 0 Å². The average Bonchev–Trinajstić information content (AvgIpc) is 3.13. The van der Waals surface area contributed by atoms with E-state index in [2.05, 4.69) is 54.0 Å². The summed E-state index contributed by atoms with van der Waals surface area (Å²) in [4.78, 5) is 10.2. The van der Waals surface area contributed by atoms with Crippen molar-refractivity contribution in [1.29, 1.82) is 0 Å². The number of morpholine rings is 1. The van der Waals surface area contributed by atoms with Crippen molar-refractivity contribution in [3.8, 4) is 0 Å². The molecule has 1 aromatic carbocycles. The van der Waals surface area contributed by atoms with E-state index in [1.807, 2.05) is 6.26 Å². The van der Waals surface area contributed by atoms with E-state index in [-0.39, 0.29) is 5.41 Å². The van der Waals surface area contributed by atoms with Gasteiger partial charge >= 0.3 is 0 Å². The Bertz CT molecular complexity index is 1100. The van der Waals surface area contributed by atoms with Crippen LogP contribution in [0.15, 0.2) is 47.9 Å². The van der Waals surface area contributed by atoms with Crippen molar-refractivity contribution in [2.45, 2.75) is 45.6 Å². The Balaban J connectivity index is 1.47. The first-order valence-corrected chi connectivity index (χ1v) is 12.1. The summed E-state index contributed by atoms with van der Waals surface area (Å²) in [5.74, 6) is 0. The fourth-order valence-electron chi connectivity index (χ4n) is 6.37. The van der Waals surface area contributed by atoms with Gasteiger partial charge in [-0.3, -0.25) is 9.88 Å². The molecule has 1 aliphatic carbocycles. The van der Waals surface area contributed by atoms with Crippen molar-refractivity contribution >= 4 is 16.6 Å². The minimum Gasteiger partial charge on any atom is -0.501 e. The smallest absolute Gasteiger partial charge is 0.0885 e. The molecule has 2 unspecified atom stereocenters. The van der Waals surface area contributed by atoms with Crippen LogP contribution in [0.25, 0.3) is 10.9 Å². The van der Waals surface area contributed by atoms with Crippen LogP contribution in [0.3, 0.4) is 0 Å². The number of nitrogens with zero attached hydrogens (tertiary/aromatic N) is 3. The summed E-state index contributed by atoms with van der Waals surface area (Å²) >= 11 is 0. The van der Waals surface area contributed by atoms with Gasteiger partial charge in [-0.2, -0.15) is 0 Å². The third-order valence-corrected chi connectivity index (χ3v) is 8.20. The molecule has 6 rings (SSSR count). The molecule has 2 atom stereocenters. The first-order chi connectivity index (χ1) is 15.7. The Hall–Kier alpha value is -2.37. The number of anilines is 1. The highest BCUT2D eigenvalue weighted by molar-refractivity contribution is 5.95. The predicted molar refractivity (Wildman–Crippen MR) is 128 cm³/mol. The van der Waals surface area contributed by atoms with E-state index in [1.54, 1.807) is 11.3 Å². The summed E-state index contributed by atoms with van der Waals surface area (Å²) in [6.45, 7) is 10.1. The second-order valence-electron chi connectivity index (χ2n) is 9.82. The van der Waals surface area contributed by atoms with Crippen molar-refractivity contribution < 1.29 is 9.47 Å². The Kier molecular flexibility index (Phi) is 4.99. The molecule has 1 saturated heterocycles. The lowest BCUT2D eigenvalue weighted by molar-refractivity contribution is 0.0135. The summed E-state index contributed by atoms with van der Waals surface area (Å²) < 4.78 is 11.3. The monoisotopic (exact) mass is 431 g/mol. The Morgan fingerprint density at radius 1 is 1.09 bits per heavy atom. The standard InChI is InChI=1S/C27H33N3O2/c1-19-20(2)28-24-6-4-3-5-22(24)26(19)30-18-27(9-13-31-14-10-27)23-8-7-21(17-25(23)30)29-11-15-32-16-12-29/h3-6,9,13,21H,7-8,10-12,14-18H2,1-2H3. The molecule has 0 amide bonds. The van der Waals surface area contributed by atoms with Crippen LogP contribution in [-0.2, 0) is 9.47 Å². The molecule has 1 spiro atoms. The minimum absolute atomic E-state index is 0.105.